The van der Waals surface area contributed by atoms with Gasteiger partial charge < -0.3 is 28.4 Å². The predicted octanol–water partition coefficient (Wildman–Crippen LogP) is 15.6. The summed E-state index contributed by atoms with van der Waals surface area (Å²) in [6, 6.07) is 73.7. The molecule has 0 aromatic heterocycles. The average molecular weight is 873 g/mol. The SMILES string of the molecule is CC(C)(c1ccccc1Oc1ccccc1C#COc1ccccc1Oc1ccccc1)c1ccccc1Oc1ccccc1C#COc1ccccc1Oc1ccccc1.c1cc2cc-2c1. The van der Waals surface area contributed by atoms with E-state index in [4.69, 9.17) is 28.4 Å². The van der Waals surface area contributed by atoms with Crippen molar-refractivity contribution in [3.05, 3.63) is 253 Å². The molecule has 67 heavy (non-hydrogen) atoms. The molecule has 0 N–H and O–H groups in total. The van der Waals surface area contributed by atoms with Gasteiger partial charge in [0, 0.05) is 16.5 Å². The summed E-state index contributed by atoms with van der Waals surface area (Å²) in [7, 11) is 0. The van der Waals surface area contributed by atoms with Gasteiger partial charge in [0.2, 0.25) is 0 Å². The molecule has 10 rings (SSSR count). The third kappa shape index (κ3) is 11.0. The molecule has 0 radical (unpaired) electrons. The van der Waals surface area contributed by atoms with E-state index >= 15 is 0 Å². The summed E-state index contributed by atoms with van der Waals surface area (Å²) < 4.78 is 37.3. The zero-order chi connectivity index (χ0) is 45.7. The summed E-state index contributed by atoms with van der Waals surface area (Å²) in [4.78, 5) is 0. The first-order chi connectivity index (χ1) is 33.0. The summed E-state index contributed by atoms with van der Waals surface area (Å²) in [5.41, 5.74) is 5.50. The van der Waals surface area contributed by atoms with Crippen LogP contribution in [0.2, 0.25) is 0 Å². The fourth-order valence-electron chi connectivity index (χ4n) is 7.26. The highest BCUT2D eigenvalue weighted by Gasteiger charge is 2.30. The Morgan fingerprint density at radius 2 is 0.642 bits per heavy atom. The second-order valence-electron chi connectivity index (χ2n) is 15.8. The summed E-state index contributed by atoms with van der Waals surface area (Å²) in [6.45, 7) is 4.31. The Labute approximate surface area is 391 Å². The van der Waals surface area contributed by atoms with Crippen molar-refractivity contribution in [2.24, 2.45) is 0 Å². The van der Waals surface area contributed by atoms with Crippen molar-refractivity contribution in [3.8, 4) is 92.7 Å². The van der Waals surface area contributed by atoms with Gasteiger partial charge in [-0.3, -0.25) is 0 Å². The first-order valence-electron chi connectivity index (χ1n) is 21.8. The molecule has 0 unspecified atom stereocenters. The normalized spacial score (nSPS) is 10.6. The van der Waals surface area contributed by atoms with E-state index in [1.807, 2.05) is 194 Å². The van der Waals surface area contributed by atoms with E-state index < -0.39 is 5.41 Å². The maximum Gasteiger partial charge on any atom is 0.182 e. The van der Waals surface area contributed by atoms with Crippen molar-refractivity contribution in [3.63, 3.8) is 0 Å². The Bertz CT molecular complexity index is 3030. The molecule has 0 atom stereocenters. The van der Waals surface area contributed by atoms with Gasteiger partial charge in [-0.15, -0.1) is 0 Å². The van der Waals surface area contributed by atoms with Gasteiger partial charge in [-0.2, -0.15) is 0 Å². The fourth-order valence-corrected chi connectivity index (χ4v) is 7.26. The minimum Gasteiger partial charge on any atom is -0.456 e. The molecule has 8 aromatic carbocycles. The van der Waals surface area contributed by atoms with Gasteiger partial charge in [-0.25, -0.2) is 0 Å². The van der Waals surface area contributed by atoms with Crippen LogP contribution < -0.4 is 28.4 Å². The minimum atomic E-state index is -0.578. The number of hydrogen-bond donors (Lipinski definition) is 0. The lowest BCUT2D eigenvalue weighted by Crippen LogP contribution is -2.20. The van der Waals surface area contributed by atoms with Crippen LogP contribution in [0.15, 0.2) is 231 Å². The second kappa shape index (κ2) is 20.6. The Kier molecular flexibility index (Phi) is 13.3. The number of rotatable bonds is 12. The van der Waals surface area contributed by atoms with Gasteiger partial charge in [0.05, 0.1) is 11.1 Å². The average Bonchev–Trinajstić information content (AvgIpc) is 3.97. The zero-order valence-electron chi connectivity index (χ0n) is 36.9. The van der Waals surface area contributed by atoms with Crippen LogP contribution in [0.4, 0.5) is 0 Å². The van der Waals surface area contributed by atoms with Crippen LogP contribution in [0.5, 0.6) is 57.5 Å². The summed E-state index contributed by atoms with van der Waals surface area (Å²) in [5.74, 6) is 12.4. The van der Waals surface area contributed by atoms with Crippen molar-refractivity contribution >= 4 is 0 Å². The highest BCUT2D eigenvalue weighted by Crippen LogP contribution is 2.44. The van der Waals surface area contributed by atoms with Crippen molar-refractivity contribution in [2.75, 3.05) is 0 Å². The third-order valence-corrected chi connectivity index (χ3v) is 10.8. The van der Waals surface area contributed by atoms with Crippen LogP contribution in [0.3, 0.4) is 0 Å². The number of para-hydroxylation sites is 10. The van der Waals surface area contributed by atoms with Crippen LogP contribution in [-0.4, -0.2) is 0 Å². The van der Waals surface area contributed by atoms with Gasteiger partial charge in [0.25, 0.3) is 0 Å². The molecular weight excluding hydrogens is 829 g/mol. The van der Waals surface area contributed by atoms with Gasteiger partial charge in [-0.05, 0) is 114 Å². The quantitative estimate of drug-likeness (QED) is 0.114. The van der Waals surface area contributed by atoms with Crippen LogP contribution in [0, 0.1) is 24.1 Å². The molecule has 0 aliphatic heterocycles. The molecule has 6 nitrogen and oxygen atoms in total. The Hall–Kier alpha value is -9.10. The first kappa shape index (κ1) is 43.2. The van der Waals surface area contributed by atoms with Gasteiger partial charge >= 0.3 is 0 Å². The topological polar surface area (TPSA) is 55.4 Å². The lowest BCUT2D eigenvalue weighted by atomic mass is 9.77. The van der Waals surface area contributed by atoms with E-state index in [9.17, 15) is 0 Å². The lowest BCUT2D eigenvalue weighted by molar-refractivity contribution is 0.433. The highest BCUT2D eigenvalue weighted by atomic mass is 16.5. The first-order valence-corrected chi connectivity index (χ1v) is 21.8. The number of hydrogen-bond acceptors (Lipinski definition) is 6. The zero-order valence-corrected chi connectivity index (χ0v) is 36.9. The van der Waals surface area contributed by atoms with E-state index in [0.29, 0.717) is 68.6 Å². The standard InChI is InChI=1S/C55H40O6.C6H4/c1-55(2,45-27-11-15-31-49(45)60-47-29-13-9-21-41(47)37-39-56-51-33-17-19-35-53(51)58-43-23-5-3-6-24-43)46-28-12-16-32-50(46)61-48-30-14-10-22-42(48)38-40-57-52-34-18-20-36-54(52)59-44-25-7-4-8-26-44;1-2-5-4-6(5)3-1/h3-36H,1-2H3;1-4H. The molecule has 0 spiro atoms. The Balaban J connectivity index is 0.000000859. The van der Waals surface area contributed by atoms with Crippen molar-refractivity contribution in [1.29, 1.82) is 0 Å². The largest absolute Gasteiger partial charge is 0.456 e. The number of benzene rings is 9. The fraction of sp³-hybridized carbons (Fsp3) is 0.0492. The molecule has 0 amide bonds. The van der Waals surface area contributed by atoms with E-state index in [1.165, 1.54) is 11.1 Å². The number of ether oxygens (including phenoxy) is 6. The summed E-state index contributed by atoms with van der Waals surface area (Å²) in [5, 5.41) is 0. The maximum atomic E-state index is 6.69. The monoisotopic (exact) mass is 872 g/mol. The molecule has 0 fully saturated rings. The maximum absolute atomic E-state index is 6.69. The molecule has 0 bridgehead atoms. The van der Waals surface area contributed by atoms with Crippen LogP contribution in [0.1, 0.15) is 36.1 Å². The smallest absolute Gasteiger partial charge is 0.182 e. The van der Waals surface area contributed by atoms with E-state index in [0.717, 1.165) is 11.1 Å². The van der Waals surface area contributed by atoms with Gasteiger partial charge in [-0.1, -0.05) is 153 Å². The van der Waals surface area contributed by atoms with Crippen LogP contribution in [0.25, 0.3) is 11.1 Å². The lowest BCUT2D eigenvalue weighted by Gasteiger charge is -2.30. The molecule has 8 aromatic rings. The van der Waals surface area contributed by atoms with Gasteiger partial charge in [0.1, 0.15) is 46.7 Å². The molecule has 0 saturated carbocycles. The van der Waals surface area contributed by atoms with E-state index in [1.54, 1.807) is 0 Å². The number of fused-ring (bicyclic) bond motifs is 1. The van der Waals surface area contributed by atoms with Crippen molar-refractivity contribution < 1.29 is 28.4 Å². The molecule has 0 heterocycles. The van der Waals surface area contributed by atoms with Crippen LogP contribution >= 0.6 is 0 Å². The molecule has 324 valence electrons. The van der Waals surface area contributed by atoms with E-state index in [2.05, 4.69) is 74.3 Å². The second-order valence-corrected chi connectivity index (χ2v) is 15.8. The summed E-state index contributed by atoms with van der Waals surface area (Å²) in [6.07, 6.45) is 5.72. The molecule has 0 saturated heterocycles. The van der Waals surface area contributed by atoms with Crippen molar-refractivity contribution in [2.45, 2.75) is 19.3 Å². The Morgan fingerprint density at radius 1 is 0.299 bits per heavy atom. The summed E-state index contributed by atoms with van der Waals surface area (Å²) >= 11 is 0. The molecule has 2 aliphatic carbocycles. The third-order valence-electron chi connectivity index (χ3n) is 10.8. The predicted molar refractivity (Wildman–Crippen MR) is 264 cm³/mol. The van der Waals surface area contributed by atoms with Crippen molar-refractivity contribution in [1.82, 2.24) is 0 Å². The van der Waals surface area contributed by atoms with Gasteiger partial charge in [0.15, 0.2) is 23.0 Å². The highest BCUT2D eigenvalue weighted by molar-refractivity contribution is 5.80. The Morgan fingerprint density at radius 3 is 1.03 bits per heavy atom. The van der Waals surface area contributed by atoms with E-state index in [-0.39, 0.29) is 0 Å². The molecular formula is C61H44O6. The molecule has 2 aliphatic rings. The molecule has 6 heteroatoms. The van der Waals surface area contributed by atoms with Crippen LogP contribution in [-0.2, 0) is 5.41 Å². The minimum absolute atomic E-state index is 0.503.